The summed E-state index contributed by atoms with van der Waals surface area (Å²) >= 11 is 3.36. The van der Waals surface area contributed by atoms with Gasteiger partial charge in [0.2, 0.25) is 5.91 Å². The van der Waals surface area contributed by atoms with Crippen molar-refractivity contribution in [3.63, 3.8) is 0 Å². The van der Waals surface area contributed by atoms with E-state index in [1.54, 1.807) is 0 Å². The molecule has 0 bridgehead atoms. The maximum Gasteiger partial charge on any atom is 0.305 e. The predicted molar refractivity (Wildman–Crippen MR) is 79.2 cm³/mol. The van der Waals surface area contributed by atoms with Crippen molar-refractivity contribution < 1.29 is 14.7 Å². The third-order valence-electron chi connectivity index (χ3n) is 3.69. The van der Waals surface area contributed by atoms with Gasteiger partial charge in [-0.1, -0.05) is 35.0 Å². The Morgan fingerprint density at radius 2 is 2.15 bits per heavy atom. The van der Waals surface area contributed by atoms with E-state index in [-0.39, 0.29) is 18.2 Å². The van der Waals surface area contributed by atoms with Crippen LogP contribution in [0.25, 0.3) is 0 Å². The van der Waals surface area contributed by atoms with E-state index >= 15 is 0 Å². The van der Waals surface area contributed by atoms with E-state index < -0.39 is 12.0 Å². The molecule has 0 aliphatic heterocycles. The summed E-state index contributed by atoms with van der Waals surface area (Å²) in [4.78, 5) is 23.1. The number of nitrogens with one attached hydrogen (secondary N) is 1. The zero-order chi connectivity index (χ0) is 14.7. The first kappa shape index (κ1) is 15.0. The molecular formula is C15H18BrNO3. The van der Waals surface area contributed by atoms with E-state index in [1.807, 2.05) is 24.3 Å². The summed E-state index contributed by atoms with van der Waals surface area (Å²) in [5, 5.41) is 11.9. The van der Waals surface area contributed by atoms with E-state index in [1.165, 1.54) is 0 Å². The Hall–Kier alpha value is -1.36. The van der Waals surface area contributed by atoms with Crippen LogP contribution in [0.4, 0.5) is 0 Å². The number of benzene rings is 1. The molecule has 1 aliphatic rings. The van der Waals surface area contributed by atoms with Gasteiger partial charge in [-0.2, -0.15) is 0 Å². The van der Waals surface area contributed by atoms with E-state index in [2.05, 4.69) is 28.2 Å². The van der Waals surface area contributed by atoms with Crippen molar-refractivity contribution in [1.29, 1.82) is 0 Å². The van der Waals surface area contributed by atoms with E-state index in [0.717, 1.165) is 22.9 Å². The molecule has 1 aliphatic carbocycles. The van der Waals surface area contributed by atoms with Gasteiger partial charge in [0, 0.05) is 10.4 Å². The van der Waals surface area contributed by atoms with Crippen molar-refractivity contribution in [3.05, 3.63) is 34.3 Å². The van der Waals surface area contributed by atoms with Crippen LogP contribution in [0.1, 0.15) is 37.8 Å². The lowest BCUT2D eigenvalue weighted by Gasteiger charge is -2.32. The summed E-state index contributed by atoms with van der Waals surface area (Å²) in [6.07, 6.45) is 1.68. The smallest absolute Gasteiger partial charge is 0.305 e. The molecule has 5 heteroatoms. The number of carboxylic acids is 1. The first-order chi connectivity index (χ1) is 9.45. The van der Waals surface area contributed by atoms with Gasteiger partial charge >= 0.3 is 5.97 Å². The Morgan fingerprint density at radius 1 is 1.45 bits per heavy atom. The SMILES string of the molecule is CC1CC(C(=O)N[C@H](CC(=O)O)c2cccc(Br)c2)C1. The number of amides is 1. The quantitative estimate of drug-likeness (QED) is 0.865. The van der Waals surface area contributed by atoms with Crippen molar-refractivity contribution >= 4 is 27.8 Å². The van der Waals surface area contributed by atoms with E-state index in [0.29, 0.717) is 5.92 Å². The lowest BCUT2D eigenvalue weighted by molar-refractivity contribution is -0.138. The molecule has 0 radical (unpaired) electrons. The Kier molecular flexibility index (Phi) is 4.81. The largest absolute Gasteiger partial charge is 0.481 e. The molecule has 1 saturated carbocycles. The average Bonchev–Trinajstić information content (AvgIpc) is 2.33. The fourth-order valence-corrected chi connectivity index (χ4v) is 2.97. The van der Waals surface area contributed by atoms with Crippen molar-refractivity contribution in [2.75, 3.05) is 0 Å². The average molecular weight is 340 g/mol. The number of aliphatic carboxylic acids is 1. The fraction of sp³-hybridized carbons (Fsp3) is 0.467. The normalized spacial score (nSPS) is 22.7. The molecule has 2 N–H and O–H groups in total. The van der Waals surface area contributed by atoms with Gasteiger partial charge in [-0.05, 0) is 36.5 Å². The highest BCUT2D eigenvalue weighted by atomic mass is 79.9. The number of rotatable bonds is 5. The van der Waals surface area contributed by atoms with Crippen LogP contribution in [0, 0.1) is 11.8 Å². The molecule has 1 amide bonds. The van der Waals surface area contributed by atoms with Crippen LogP contribution in [-0.2, 0) is 9.59 Å². The predicted octanol–water partition coefficient (Wildman–Crippen LogP) is 3.13. The van der Waals surface area contributed by atoms with Crippen molar-refractivity contribution in [2.45, 2.75) is 32.2 Å². The molecule has 1 atom stereocenters. The number of hydrogen-bond acceptors (Lipinski definition) is 2. The molecule has 20 heavy (non-hydrogen) atoms. The summed E-state index contributed by atoms with van der Waals surface area (Å²) < 4.78 is 0.872. The molecule has 2 rings (SSSR count). The number of carboxylic acid groups (broad SMARTS) is 1. The molecular weight excluding hydrogens is 322 g/mol. The van der Waals surface area contributed by atoms with Gasteiger partial charge in [0.15, 0.2) is 0 Å². The number of halogens is 1. The van der Waals surface area contributed by atoms with Crippen LogP contribution in [0.15, 0.2) is 28.7 Å². The van der Waals surface area contributed by atoms with Gasteiger partial charge < -0.3 is 10.4 Å². The summed E-state index contributed by atoms with van der Waals surface area (Å²) in [5.41, 5.74) is 0.808. The summed E-state index contributed by atoms with van der Waals surface area (Å²) in [6, 6.07) is 6.91. The van der Waals surface area contributed by atoms with Gasteiger partial charge in [-0.3, -0.25) is 9.59 Å². The molecule has 1 aromatic rings. The third-order valence-corrected chi connectivity index (χ3v) is 4.18. The van der Waals surface area contributed by atoms with Crippen LogP contribution in [0.5, 0.6) is 0 Å². The summed E-state index contributed by atoms with van der Waals surface area (Å²) in [6.45, 7) is 2.12. The molecule has 0 unspecified atom stereocenters. The maximum atomic E-state index is 12.1. The fourth-order valence-electron chi connectivity index (χ4n) is 2.56. The highest BCUT2D eigenvalue weighted by molar-refractivity contribution is 9.10. The first-order valence-electron chi connectivity index (χ1n) is 6.73. The van der Waals surface area contributed by atoms with E-state index in [4.69, 9.17) is 5.11 Å². The Labute approximate surface area is 126 Å². The van der Waals surface area contributed by atoms with Crippen LogP contribution < -0.4 is 5.32 Å². The highest BCUT2D eigenvalue weighted by Gasteiger charge is 2.32. The van der Waals surface area contributed by atoms with Gasteiger partial charge in [-0.15, -0.1) is 0 Å². The number of carbonyl (C=O) groups is 2. The second-order valence-corrected chi connectivity index (χ2v) is 6.40. The molecule has 0 heterocycles. The van der Waals surface area contributed by atoms with Crippen molar-refractivity contribution in [1.82, 2.24) is 5.32 Å². The second kappa shape index (κ2) is 6.39. The van der Waals surface area contributed by atoms with Crippen LogP contribution in [0.3, 0.4) is 0 Å². The van der Waals surface area contributed by atoms with Gasteiger partial charge in [-0.25, -0.2) is 0 Å². The number of hydrogen-bond donors (Lipinski definition) is 2. The Bertz CT molecular complexity index is 512. The van der Waals surface area contributed by atoms with Crippen LogP contribution >= 0.6 is 15.9 Å². The third kappa shape index (κ3) is 3.82. The van der Waals surface area contributed by atoms with Gasteiger partial charge in [0.1, 0.15) is 0 Å². The molecule has 108 valence electrons. The lowest BCUT2D eigenvalue weighted by Crippen LogP contribution is -2.40. The molecule has 1 fully saturated rings. The minimum absolute atomic E-state index is 0.0330. The lowest BCUT2D eigenvalue weighted by atomic mass is 9.75. The van der Waals surface area contributed by atoms with Gasteiger partial charge in [0.05, 0.1) is 12.5 Å². The maximum absolute atomic E-state index is 12.1. The molecule has 0 spiro atoms. The Balaban J connectivity index is 2.07. The zero-order valence-electron chi connectivity index (χ0n) is 11.3. The van der Waals surface area contributed by atoms with Crippen LogP contribution in [0.2, 0.25) is 0 Å². The van der Waals surface area contributed by atoms with E-state index in [9.17, 15) is 9.59 Å². The second-order valence-electron chi connectivity index (χ2n) is 5.49. The monoisotopic (exact) mass is 339 g/mol. The minimum atomic E-state index is -0.919. The minimum Gasteiger partial charge on any atom is -0.481 e. The van der Waals surface area contributed by atoms with Crippen LogP contribution in [-0.4, -0.2) is 17.0 Å². The summed E-state index contributed by atoms with van der Waals surface area (Å²) in [7, 11) is 0. The molecule has 4 nitrogen and oxygen atoms in total. The number of carbonyl (C=O) groups excluding carboxylic acids is 1. The highest BCUT2D eigenvalue weighted by Crippen LogP contribution is 2.34. The molecule has 1 aromatic carbocycles. The van der Waals surface area contributed by atoms with Gasteiger partial charge in [0.25, 0.3) is 0 Å². The standard InChI is InChI=1S/C15H18BrNO3/c1-9-5-11(6-9)15(20)17-13(8-14(18)19)10-3-2-4-12(16)7-10/h2-4,7,9,11,13H,5-6,8H2,1H3,(H,17,20)(H,18,19)/t9?,11?,13-/m1/s1. The summed E-state index contributed by atoms with van der Waals surface area (Å²) in [5.74, 6) is -0.324. The zero-order valence-corrected chi connectivity index (χ0v) is 12.9. The topological polar surface area (TPSA) is 66.4 Å². The van der Waals surface area contributed by atoms with Crippen molar-refractivity contribution in [2.24, 2.45) is 11.8 Å². The van der Waals surface area contributed by atoms with Crippen molar-refractivity contribution in [3.8, 4) is 0 Å². The molecule has 0 saturated heterocycles. The molecule has 0 aromatic heterocycles. The first-order valence-corrected chi connectivity index (χ1v) is 7.52. The Morgan fingerprint density at radius 3 is 2.70 bits per heavy atom.